The van der Waals surface area contributed by atoms with Crippen LogP contribution in [0.1, 0.15) is 19.3 Å². The Kier molecular flexibility index (Phi) is 9.05. The Balaban J connectivity index is 4.20. The predicted molar refractivity (Wildman–Crippen MR) is 86.7 cm³/mol. The Morgan fingerprint density at radius 3 is 2.56 bits per heavy atom. The van der Waals surface area contributed by atoms with Gasteiger partial charge in [-0.1, -0.05) is 60.3 Å². The lowest BCUT2D eigenvalue weighted by Gasteiger charge is -2.07. The molecule has 0 spiro atoms. The zero-order chi connectivity index (χ0) is 12.4. The van der Waals surface area contributed by atoms with Crippen LogP contribution in [-0.4, -0.2) is 12.5 Å². The van der Waals surface area contributed by atoms with Crippen molar-refractivity contribution >= 4 is 30.7 Å². The van der Waals surface area contributed by atoms with Crippen molar-refractivity contribution < 1.29 is 0 Å². The van der Waals surface area contributed by atoms with Gasteiger partial charge in [0.25, 0.3) is 0 Å². The van der Waals surface area contributed by atoms with Crippen molar-refractivity contribution in [2.24, 2.45) is 5.92 Å². The average Bonchev–Trinajstić information content (AvgIpc) is 2.19. The first-order valence-electron chi connectivity index (χ1n) is 5.86. The summed E-state index contributed by atoms with van der Waals surface area (Å²) in [5.41, 5.74) is 3.35. The third-order valence-corrected chi connectivity index (χ3v) is 3.73. The Labute approximate surface area is 116 Å². The molecule has 16 heavy (non-hydrogen) atoms. The zero-order valence-corrected chi connectivity index (χ0v) is 13.9. The molecule has 0 N–H and O–H groups in total. The molecule has 90 valence electrons. The van der Waals surface area contributed by atoms with Crippen molar-refractivity contribution in [1.29, 1.82) is 0 Å². The van der Waals surface area contributed by atoms with Crippen molar-refractivity contribution in [3.63, 3.8) is 0 Å². The van der Waals surface area contributed by atoms with E-state index in [0.717, 1.165) is 6.42 Å². The van der Waals surface area contributed by atoms with Gasteiger partial charge in [0.1, 0.15) is 8.07 Å². The molecule has 0 aromatic carbocycles. The smallest absolute Gasteiger partial charge is 0.127 e. The third-order valence-electron chi connectivity index (χ3n) is 2.08. The molecule has 0 aliphatic rings. The quantitative estimate of drug-likeness (QED) is 0.212. The Bertz CT molecular complexity index is 275. The molecule has 0 aromatic rings. The van der Waals surface area contributed by atoms with Gasteiger partial charge in [0.05, 0.1) is 0 Å². The van der Waals surface area contributed by atoms with Crippen molar-refractivity contribution in [1.82, 2.24) is 0 Å². The molecule has 0 rings (SSSR count). The van der Waals surface area contributed by atoms with E-state index in [1.54, 1.807) is 0 Å². The van der Waals surface area contributed by atoms with Gasteiger partial charge in [-0.2, -0.15) is 0 Å². The lowest BCUT2D eigenvalue weighted by atomic mass is 9.99. The molecule has 0 aliphatic heterocycles. The molecule has 1 atom stereocenters. The van der Waals surface area contributed by atoms with Crippen LogP contribution in [0, 0.1) is 17.4 Å². The van der Waals surface area contributed by atoms with Crippen LogP contribution in [0.25, 0.3) is 0 Å². The van der Waals surface area contributed by atoms with Crippen molar-refractivity contribution in [3.8, 4) is 11.5 Å². The summed E-state index contributed by atoms with van der Waals surface area (Å²) in [6.45, 7) is 10.6. The van der Waals surface area contributed by atoms with Crippen LogP contribution in [0.15, 0.2) is 24.8 Å². The molecule has 0 amide bonds. The highest BCUT2D eigenvalue weighted by atomic mass is 127. The van der Waals surface area contributed by atoms with Gasteiger partial charge in [0.15, 0.2) is 0 Å². The van der Waals surface area contributed by atoms with Crippen molar-refractivity contribution in [2.45, 2.75) is 38.9 Å². The van der Waals surface area contributed by atoms with E-state index in [0.29, 0.717) is 5.92 Å². The Morgan fingerprint density at radius 1 is 1.38 bits per heavy atom. The van der Waals surface area contributed by atoms with Crippen molar-refractivity contribution in [2.75, 3.05) is 4.43 Å². The van der Waals surface area contributed by atoms with Crippen LogP contribution in [0.2, 0.25) is 19.6 Å². The fraction of sp³-hybridized carbons (Fsp3) is 0.571. The molecule has 1 unspecified atom stereocenters. The van der Waals surface area contributed by atoms with Crippen LogP contribution in [0.4, 0.5) is 0 Å². The van der Waals surface area contributed by atoms with E-state index in [1.165, 1.54) is 17.3 Å². The normalized spacial score (nSPS) is 13.2. The second kappa shape index (κ2) is 9.06. The van der Waals surface area contributed by atoms with E-state index in [1.807, 2.05) is 12.2 Å². The fourth-order valence-corrected chi connectivity index (χ4v) is 2.25. The standard InChI is InChI=1S/C14H23ISi/c1-5-9-14(11-8-12-15)10-6-7-13-16(2,3)4/h5-6,10,14H,1,8-9,11-12H2,2-4H3/b10-6-. The summed E-state index contributed by atoms with van der Waals surface area (Å²) in [6, 6.07) is 0. The third kappa shape index (κ3) is 10.5. The molecule has 0 radical (unpaired) electrons. The number of alkyl halides is 1. The summed E-state index contributed by atoms with van der Waals surface area (Å²) >= 11 is 2.43. The molecule has 0 saturated carbocycles. The monoisotopic (exact) mass is 346 g/mol. The Morgan fingerprint density at radius 2 is 2.06 bits per heavy atom. The van der Waals surface area contributed by atoms with Gasteiger partial charge in [0.2, 0.25) is 0 Å². The minimum Gasteiger partial charge on any atom is -0.127 e. The van der Waals surface area contributed by atoms with Crippen LogP contribution in [-0.2, 0) is 0 Å². The van der Waals surface area contributed by atoms with E-state index in [9.17, 15) is 0 Å². The maximum atomic E-state index is 3.81. The average molecular weight is 346 g/mol. The summed E-state index contributed by atoms with van der Waals surface area (Å²) in [5, 5.41) is 0. The van der Waals surface area contributed by atoms with E-state index in [2.05, 4.69) is 66.4 Å². The second-order valence-electron chi connectivity index (χ2n) is 4.99. The van der Waals surface area contributed by atoms with Gasteiger partial charge in [-0.15, -0.1) is 12.1 Å². The molecule has 0 nitrogen and oxygen atoms in total. The van der Waals surface area contributed by atoms with E-state index in [-0.39, 0.29) is 0 Å². The van der Waals surface area contributed by atoms with Gasteiger partial charge in [-0.3, -0.25) is 0 Å². The fourth-order valence-electron chi connectivity index (χ4n) is 1.29. The van der Waals surface area contributed by atoms with Crippen molar-refractivity contribution in [3.05, 3.63) is 24.8 Å². The minimum absolute atomic E-state index is 0.628. The largest absolute Gasteiger partial charge is 0.129 e. The van der Waals surface area contributed by atoms with Crippen LogP contribution in [0.3, 0.4) is 0 Å². The van der Waals surface area contributed by atoms with Crippen LogP contribution in [0.5, 0.6) is 0 Å². The van der Waals surface area contributed by atoms with Gasteiger partial charge in [-0.25, -0.2) is 0 Å². The minimum atomic E-state index is -1.21. The van der Waals surface area contributed by atoms with E-state index in [4.69, 9.17) is 0 Å². The second-order valence-corrected chi connectivity index (χ2v) is 10.8. The first-order chi connectivity index (χ1) is 7.49. The van der Waals surface area contributed by atoms with Gasteiger partial charge < -0.3 is 0 Å². The molecule has 0 fully saturated rings. The maximum Gasteiger partial charge on any atom is 0.129 e. The molecule has 0 saturated heterocycles. The summed E-state index contributed by atoms with van der Waals surface area (Å²) in [4.78, 5) is 0. The summed E-state index contributed by atoms with van der Waals surface area (Å²) in [6.07, 6.45) is 9.90. The number of hydrogen-bond acceptors (Lipinski definition) is 0. The topological polar surface area (TPSA) is 0 Å². The highest BCUT2D eigenvalue weighted by Gasteiger charge is 2.06. The zero-order valence-electron chi connectivity index (χ0n) is 10.7. The van der Waals surface area contributed by atoms with E-state index < -0.39 is 8.07 Å². The first kappa shape index (κ1) is 16.0. The Hall–Kier alpha value is -0.0131. The van der Waals surface area contributed by atoms with Crippen LogP contribution < -0.4 is 0 Å². The number of hydrogen-bond donors (Lipinski definition) is 0. The van der Waals surface area contributed by atoms with Gasteiger partial charge >= 0.3 is 0 Å². The van der Waals surface area contributed by atoms with Gasteiger partial charge in [-0.05, 0) is 35.7 Å². The lowest BCUT2D eigenvalue weighted by molar-refractivity contribution is 0.594. The molecule has 2 heteroatoms. The van der Waals surface area contributed by atoms with Gasteiger partial charge in [0, 0.05) is 0 Å². The maximum absolute atomic E-state index is 3.81. The number of allylic oxidation sites excluding steroid dienone is 3. The molecular weight excluding hydrogens is 323 g/mol. The molecule has 0 aliphatic carbocycles. The summed E-state index contributed by atoms with van der Waals surface area (Å²) < 4.78 is 1.24. The summed E-state index contributed by atoms with van der Waals surface area (Å²) in [7, 11) is -1.21. The summed E-state index contributed by atoms with van der Waals surface area (Å²) in [5.74, 6) is 3.81. The predicted octanol–water partition coefficient (Wildman–Crippen LogP) is 4.83. The molecule has 0 bridgehead atoms. The molecular formula is C14H23ISi. The SMILES string of the molecule is C=CCC(/C=C\C#C[Si](C)(C)C)CCCI. The van der Waals surface area contributed by atoms with Crippen LogP contribution >= 0.6 is 22.6 Å². The molecule has 0 heterocycles. The number of rotatable bonds is 6. The van der Waals surface area contributed by atoms with E-state index >= 15 is 0 Å². The lowest BCUT2D eigenvalue weighted by Crippen LogP contribution is -2.16. The number of halogens is 1. The first-order valence-corrected chi connectivity index (χ1v) is 10.9. The molecule has 0 aromatic heterocycles. The highest BCUT2D eigenvalue weighted by molar-refractivity contribution is 14.1. The highest BCUT2D eigenvalue weighted by Crippen LogP contribution is 2.14.